The predicted octanol–water partition coefficient (Wildman–Crippen LogP) is 1.16. The van der Waals surface area contributed by atoms with Gasteiger partial charge in [-0.05, 0) is 39.7 Å². The smallest absolute Gasteiger partial charge is 0.312 e. The maximum atomic E-state index is 13.3. The Kier molecular flexibility index (Phi) is 7.64. The summed E-state index contributed by atoms with van der Waals surface area (Å²) in [5.74, 6) is -6.45. The third-order valence-corrected chi connectivity index (χ3v) is 8.25. The minimum atomic E-state index is -2.26. The van der Waals surface area contributed by atoms with Crippen LogP contribution in [0, 0.1) is 17.3 Å². The quantitative estimate of drug-likeness (QED) is 0.309. The molecule has 1 saturated heterocycles. The number of esters is 4. The molecule has 2 fully saturated rings. The monoisotopic (exact) mass is 524 g/mol. The van der Waals surface area contributed by atoms with E-state index in [-0.39, 0.29) is 6.42 Å². The van der Waals surface area contributed by atoms with E-state index in [9.17, 15) is 34.2 Å². The van der Waals surface area contributed by atoms with Gasteiger partial charge in [0, 0.05) is 33.1 Å². The van der Waals surface area contributed by atoms with Crippen molar-refractivity contribution in [1.29, 1.82) is 0 Å². The lowest BCUT2D eigenvalue weighted by molar-refractivity contribution is -0.258. The summed E-state index contributed by atoms with van der Waals surface area (Å²) in [6.45, 7) is 9.37. The zero-order valence-electron chi connectivity index (χ0n) is 22.2. The minimum absolute atomic E-state index is 0.179. The zero-order valence-corrected chi connectivity index (χ0v) is 22.2. The third kappa shape index (κ3) is 4.79. The van der Waals surface area contributed by atoms with Crippen LogP contribution in [0.25, 0.3) is 0 Å². The Labute approximate surface area is 215 Å². The second-order valence-corrected chi connectivity index (χ2v) is 10.9. The number of fused-ring (bicyclic) bond motifs is 2. The van der Waals surface area contributed by atoms with E-state index in [0.29, 0.717) is 12.0 Å². The highest BCUT2D eigenvalue weighted by Crippen LogP contribution is 2.57. The number of rotatable bonds is 3. The summed E-state index contributed by atoms with van der Waals surface area (Å²) < 4.78 is 22.5. The molecule has 1 saturated carbocycles. The van der Waals surface area contributed by atoms with Crippen LogP contribution in [-0.4, -0.2) is 75.5 Å². The van der Waals surface area contributed by atoms with E-state index in [4.69, 9.17) is 18.9 Å². The molecule has 2 aliphatic carbocycles. The van der Waals surface area contributed by atoms with Crippen molar-refractivity contribution in [1.82, 2.24) is 0 Å². The summed E-state index contributed by atoms with van der Waals surface area (Å²) in [6, 6.07) is 0. The van der Waals surface area contributed by atoms with Gasteiger partial charge in [0.25, 0.3) is 0 Å². The van der Waals surface area contributed by atoms with Crippen LogP contribution >= 0.6 is 0 Å². The summed E-state index contributed by atoms with van der Waals surface area (Å²) in [6.07, 6.45) is -3.62. The molecule has 37 heavy (non-hydrogen) atoms. The van der Waals surface area contributed by atoms with E-state index in [1.807, 2.05) is 0 Å². The van der Waals surface area contributed by atoms with Crippen LogP contribution in [0.15, 0.2) is 11.6 Å². The van der Waals surface area contributed by atoms with E-state index < -0.39 is 89.0 Å². The van der Waals surface area contributed by atoms with Crippen molar-refractivity contribution in [3.63, 3.8) is 0 Å². The number of hydrogen-bond acceptors (Lipinski definition) is 11. The average Bonchev–Trinajstić information content (AvgIpc) is 2.97. The van der Waals surface area contributed by atoms with Crippen molar-refractivity contribution in [2.45, 2.75) is 103 Å². The van der Waals surface area contributed by atoms with Crippen molar-refractivity contribution in [2.75, 3.05) is 0 Å². The molecular formula is C26H36O11. The van der Waals surface area contributed by atoms with Gasteiger partial charge in [-0.2, -0.15) is 0 Å². The van der Waals surface area contributed by atoms with Crippen molar-refractivity contribution < 1.29 is 53.1 Å². The Morgan fingerprint density at radius 3 is 2.05 bits per heavy atom. The first-order chi connectivity index (χ1) is 17.0. The number of Topliss-reactive ketones (excluding diaryl/α,β-unsaturated/α-hetero) is 1. The topological polar surface area (TPSA) is 163 Å². The van der Waals surface area contributed by atoms with Crippen LogP contribution in [0.5, 0.6) is 0 Å². The molecular weight excluding hydrogens is 488 g/mol. The Morgan fingerprint density at radius 1 is 0.973 bits per heavy atom. The molecule has 0 bridgehead atoms. The van der Waals surface area contributed by atoms with Gasteiger partial charge in [-0.25, -0.2) is 0 Å². The Morgan fingerprint density at radius 2 is 1.51 bits per heavy atom. The molecule has 206 valence electrons. The Bertz CT molecular complexity index is 1030. The second-order valence-electron chi connectivity index (χ2n) is 10.9. The number of carbonyl (C=O) groups excluding carboxylic acids is 5. The largest absolute Gasteiger partial charge is 0.462 e. The average molecular weight is 525 g/mol. The molecule has 1 heterocycles. The Balaban J connectivity index is 2.43. The molecule has 0 aromatic rings. The van der Waals surface area contributed by atoms with E-state index >= 15 is 0 Å². The lowest BCUT2D eigenvalue weighted by Gasteiger charge is -2.58. The number of aliphatic hydroxyl groups is 2. The maximum Gasteiger partial charge on any atom is 0.312 e. The predicted molar refractivity (Wildman–Crippen MR) is 125 cm³/mol. The van der Waals surface area contributed by atoms with Crippen molar-refractivity contribution in [3.8, 4) is 0 Å². The summed E-state index contributed by atoms with van der Waals surface area (Å²) in [4.78, 5) is 62.9. The fourth-order valence-corrected chi connectivity index (χ4v) is 6.31. The first-order valence-electron chi connectivity index (χ1n) is 12.3. The fourth-order valence-electron chi connectivity index (χ4n) is 6.31. The van der Waals surface area contributed by atoms with Gasteiger partial charge >= 0.3 is 23.9 Å². The van der Waals surface area contributed by atoms with Gasteiger partial charge in [-0.1, -0.05) is 12.5 Å². The molecule has 11 heteroatoms. The number of allylic oxidation sites excluding steroid dienone is 1. The lowest BCUT2D eigenvalue weighted by Crippen LogP contribution is -2.73. The van der Waals surface area contributed by atoms with Crippen molar-refractivity contribution >= 4 is 29.7 Å². The second kappa shape index (κ2) is 9.83. The van der Waals surface area contributed by atoms with Crippen molar-refractivity contribution in [2.24, 2.45) is 17.3 Å². The first-order valence-corrected chi connectivity index (χ1v) is 12.3. The van der Waals surface area contributed by atoms with Crippen LogP contribution < -0.4 is 0 Å². The van der Waals surface area contributed by atoms with Crippen molar-refractivity contribution in [3.05, 3.63) is 11.6 Å². The number of carbonyl (C=O) groups is 5. The summed E-state index contributed by atoms with van der Waals surface area (Å²) in [5, 5.41) is 23.9. The first kappa shape index (κ1) is 28.8. The molecule has 9 atom stereocenters. The van der Waals surface area contributed by atoms with Gasteiger partial charge in [-0.15, -0.1) is 0 Å². The molecule has 0 aromatic heterocycles. The molecule has 0 radical (unpaired) electrons. The molecule has 11 nitrogen and oxygen atoms in total. The highest BCUT2D eigenvalue weighted by Gasteiger charge is 2.72. The highest BCUT2D eigenvalue weighted by atomic mass is 16.6. The van der Waals surface area contributed by atoms with Gasteiger partial charge in [-0.3, -0.25) is 24.0 Å². The fraction of sp³-hybridized carbons (Fsp3) is 0.731. The lowest BCUT2D eigenvalue weighted by atomic mass is 9.51. The molecule has 3 aliphatic rings. The molecule has 2 N–H and O–H groups in total. The van der Waals surface area contributed by atoms with Gasteiger partial charge in [0.05, 0.1) is 11.3 Å². The number of ketones is 1. The zero-order chi connectivity index (χ0) is 28.1. The maximum absolute atomic E-state index is 13.3. The van der Waals surface area contributed by atoms with Gasteiger partial charge in [0.15, 0.2) is 17.5 Å². The van der Waals surface area contributed by atoms with E-state index in [1.54, 1.807) is 13.8 Å². The van der Waals surface area contributed by atoms with Gasteiger partial charge in [0.1, 0.15) is 23.9 Å². The van der Waals surface area contributed by atoms with Crippen LogP contribution in [-0.2, 0) is 42.9 Å². The van der Waals surface area contributed by atoms with E-state index in [1.165, 1.54) is 26.8 Å². The van der Waals surface area contributed by atoms with E-state index in [0.717, 1.165) is 13.8 Å². The summed E-state index contributed by atoms with van der Waals surface area (Å²) in [5.41, 5.74) is -5.35. The van der Waals surface area contributed by atoms with E-state index in [2.05, 4.69) is 0 Å². The standard InChI is InChI=1S/C26H36O11/c1-12-8-9-18(34-14(3)27)24(6)19(35-15(4)28)11-17(30)25(7,32)21(24)22(36-16(5)29)26(33)13(2)23(31)37-20(26)10-12/h10,13,18-22,32-33H,8-9,11H2,1-7H3. The number of hydrogen-bond donors (Lipinski definition) is 2. The highest BCUT2D eigenvalue weighted by molar-refractivity contribution is 5.89. The number of ether oxygens (including phenoxy) is 4. The van der Waals surface area contributed by atoms with Crippen LogP contribution in [0.3, 0.4) is 0 Å². The third-order valence-electron chi connectivity index (χ3n) is 8.25. The molecule has 3 rings (SSSR count). The molecule has 0 aromatic carbocycles. The van der Waals surface area contributed by atoms with Crippen LogP contribution in [0.2, 0.25) is 0 Å². The Hall–Kier alpha value is -2.79. The SMILES string of the molecule is CC(=O)OC1CCC(C)=CC2OC(=O)C(C)C2(O)C(OC(C)=O)C2C(C)(O)C(=O)CC(OC(C)=O)C12C. The van der Waals surface area contributed by atoms with Gasteiger partial charge in [0.2, 0.25) is 0 Å². The summed E-state index contributed by atoms with van der Waals surface area (Å²) in [7, 11) is 0. The van der Waals surface area contributed by atoms with Crippen LogP contribution in [0.4, 0.5) is 0 Å². The molecule has 9 unspecified atom stereocenters. The van der Waals surface area contributed by atoms with Crippen LogP contribution in [0.1, 0.15) is 67.7 Å². The van der Waals surface area contributed by atoms with Gasteiger partial charge < -0.3 is 29.2 Å². The summed E-state index contributed by atoms with van der Waals surface area (Å²) >= 11 is 0. The normalized spacial score (nSPS) is 41.9. The molecule has 1 aliphatic heterocycles. The minimum Gasteiger partial charge on any atom is -0.462 e. The molecule has 0 spiro atoms. The molecule has 0 amide bonds.